The summed E-state index contributed by atoms with van der Waals surface area (Å²) < 4.78 is 2.17. The minimum Gasteiger partial charge on any atom is -0.336 e. The third kappa shape index (κ3) is 4.15. The molecule has 1 unspecified atom stereocenters. The molecule has 28 heavy (non-hydrogen) atoms. The first-order chi connectivity index (χ1) is 13.5. The molecule has 0 aliphatic heterocycles. The Kier molecular flexibility index (Phi) is 5.27. The first-order valence-corrected chi connectivity index (χ1v) is 10.6. The summed E-state index contributed by atoms with van der Waals surface area (Å²) in [5.74, 6) is 0. The number of nitrogens with zero attached hydrogens (tertiary/aromatic N) is 2. The molecule has 1 heterocycles. The molecule has 0 bridgehead atoms. The molecule has 0 amide bonds. The van der Waals surface area contributed by atoms with Crippen molar-refractivity contribution >= 4 is 22.5 Å². The SMILES string of the molecule is CC(C)(C)c1ccc(SC(Cn2ccnc2)c2cccc3ccccc23)cc1. The number of imidazole rings is 1. The summed E-state index contributed by atoms with van der Waals surface area (Å²) in [5, 5.41) is 2.93. The lowest BCUT2D eigenvalue weighted by atomic mass is 9.87. The quantitative estimate of drug-likeness (QED) is 0.348. The molecule has 1 aromatic heterocycles. The molecule has 142 valence electrons. The summed E-state index contributed by atoms with van der Waals surface area (Å²) >= 11 is 1.93. The van der Waals surface area contributed by atoms with Crippen molar-refractivity contribution in [3.8, 4) is 0 Å². The van der Waals surface area contributed by atoms with E-state index in [0.717, 1.165) is 6.54 Å². The van der Waals surface area contributed by atoms with E-state index < -0.39 is 0 Å². The second-order valence-electron chi connectivity index (χ2n) is 8.21. The Labute approximate surface area is 171 Å². The number of benzene rings is 3. The topological polar surface area (TPSA) is 17.8 Å². The van der Waals surface area contributed by atoms with E-state index in [-0.39, 0.29) is 5.41 Å². The van der Waals surface area contributed by atoms with Crippen molar-refractivity contribution in [2.45, 2.75) is 42.9 Å². The van der Waals surface area contributed by atoms with Crippen LogP contribution in [-0.2, 0) is 12.0 Å². The van der Waals surface area contributed by atoms with Gasteiger partial charge in [0, 0.05) is 23.8 Å². The fourth-order valence-corrected chi connectivity index (χ4v) is 4.72. The molecule has 0 saturated heterocycles. The summed E-state index contributed by atoms with van der Waals surface area (Å²) in [6, 6.07) is 24.3. The van der Waals surface area contributed by atoms with Gasteiger partial charge < -0.3 is 4.57 Å². The van der Waals surface area contributed by atoms with Crippen molar-refractivity contribution < 1.29 is 0 Å². The molecule has 0 N–H and O–H groups in total. The van der Waals surface area contributed by atoms with E-state index >= 15 is 0 Å². The van der Waals surface area contributed by atoms with Crippen LogP contribution in [0.1, 0.15) is 37.1 Å². The van der Waals surface area contributed by atoms with Gasteiger partial charge in [0.1, 0.15) is 0 Å². The zero-order valence-corrected chi connectivity index (χ0v) is 17.5. The van der Waals surface area contributed by atoms with Crippen LogP contribution in [0.5, 0.6) is 0 Å². The van der Waals surface area contributed by atoms with Gasteiger partial charge in [0.2, 0.25) is 0 Å². The predicted molar refractivity (Wildman–Crippen MR) is 120 cm³/mol. The predicted octanol–water partition coefficient (Wildman–Crippen LogP) is 6.87. The van der Waals surface area contributed by atoms with E-state index in [4.69, 9.17) is 0 Å². The summed E-state index contributed by atoms with van der Waals surface area (Å²) in [5.41, 5.74) is 2.92. The van der Waals surface area contributed by atoms with Gasteiger partial charge in [-0.15, -0.1) is 11.8 Å². The first kappa shape index (κ1) is 18.8. The number of aromatic nitrogens is 2. The van der Waals surface area contributed by atoms with Crippen LogP contribution in [0.15, 0.2) is 90.3 Å². The Morgan fingerprint density at radius 2 is 1.68 bits per heavy atom. The standard InChI is InChI=1S/C25H26N2S/c1-25(2,3)20-11-13-21(14-12-20)28-24(17-27-16-15-26-18-27)23-10-6-8-19-7-4-5-9-22(19)23/h4-16,18,24H,17H2,1-3H3. The molecule has 0 aliphatic rings. The molecular weight excluding hydrogens is 360 g/mol. The highest BCUT2D eigenvalue weighted by Crippen LogP contribution is 2.40. The van der Waals surface area contributed by atoms with E-state index in [1.165, 1.54) is 26.8 Å². The first-order valence-electron chi connectivity index (χ1n) is 9.71. The largest absolute Gasteiger partial charge is 0.336 e. The number of hydrogen-bond donors (Lipinski definition) is 0. The number of rotatable bonds is 5. The second-order valence-corrected chi connectivity index (χ2v) is 9.48. The van der Waals surface area contributed by atoms with E-state index in [2.05, 4.69) is 97.1 Å². The third-order valence-corrected chi connectivity index (χ3v) is 6.34. The Morgan fingerprint density at radius 3 is 2.39 bits per heavy atom. The van der Waals surface area contributed by atoms with Crippen molar-refractivity contribution in [1.29, 1.82) is 0 Å². The molecule has 0 spiro atoms. The molecule has 3 aromatic carbocycles. The average molecular weight is 387 g/mol. The van der Waals surface area contributed by atoms with Gasteiger partial charge in [-0.1, -0.05) is 75.4 Å². The monoisotopic (exact) mass is 386 g/mol. The van der Waals surface area contributed by atoms with Gasteiger partial charge >= 0.3 is 0 Å². The van der Waals surface area contributed by atoms with Crippen LogP contribution < -0.4 is 0 Å². The summed E-state index contributed by atoms with van der Waals surface area (Å²) in [6.45, 7) is 7.66. The highest BCUT2D eigenvalue weighted by Gasteiger charge is 2.18. The molecule has 2 nitrogen and oxygen atoms in total. The summed E-state index contributed by atoms with van der Waals surface area (Å²) in [6.07, 6.45) is 5.80. The molecule has 1 atom stereocenters. The van der Waals surface area contributed by atoms with Crippen LogP contribution in [-0.4, -0.2) is 9.55 Å². The normalized spacial score (nSPS) is 13.0. The van der Waals surface area contributed by atoms with Gasteiger partial charge in [-0.3, -0.25) is 0 Å². The van der Waals surface area contributed by atoms with Crippen LogP contribution >= 0.6 is 11.8 Å². The van der Waals surface area contributed by atoms with Crippen molar-refractivity contribution in [3.05, 3.63) is 96.6 Å². The second kappa shape index (κ2) is 7.84. The van der Waals surface area contributed by atoms with Crippen LogP contribution in [0.4, 0.5) is 0 Å². The van der Waals surface area contributed by atoms with E-state index in [1.807, 2.05) is 30.5 Å². The van der Waals surface area contributed by atoms with E-state index in [1.54, 1.807) is 0 Å². The highest BCUT2D eigenvalue weighted by molar-refractivity contribution is 7.99. The molecule has 4 aromatic rings. The van der Waals surface area contributed by atoms with Gasteiger partial charge in [0.25, 0.3) is 0 Å². The number of fused-ring (bicyclic) bond motifs is 1. The maximum Gasteiger partial charge on any atom is 0.0946 e. The Morgan fingerprint density at radius 1 is 0.929 bits per heavy atom. The third-order valence-electron chi connectivity index (χ3n) is 5.10. The average Bonchev–Trinajstić information content (AvgIpc) is 3.20. The van der Waals surface area contributed by atoms with Crippen LogP contribution in [0, 0.1) is 0 Å². The van der Waals surface area contributed by atoms with Gasteiger partial charge in [-0.2, -0.15) is 0 Å². The lowest BCUT2D eigenvalue weighted by Crippen LogP contribution is -2.10. The van der Waals surface area contributed by atoms with Crippen LogP contribution in [0.2, 0.25) is 0 Å². The van der Waals surface area contributed by atoms with Gasteiger partial charge in [-0.25, -0.2) is 4.98 Å². The zero-order valence-electron chi connectivity index (χ0n) is 16.7. The zero-order chi connectivity index (χ0) is 19.6. The smallest absolute Gasteiger partial charge is 0.0946 e. The summed E-state index contributed by atoms with van der Waals surface area (Å²) in [4.78, 5) is 5.53. The summed E-state index contributed by atoms with van der Waals surface area (Å²) in [7, 11) is 0. The number of hydrogen-bond acceptors (Lipinski definition) is 2. The molecular formula is C25H26N2S. The molecule has 3 heteroatoms. The minimum absolute atomic E-state index is 0.176. The Balaban J connectivity index is 1.70. The van der Waals surface area contributed by atoms with E-state index in [9.17, 15) is 0 Å². The van der Waals surface area contributed by atoms with Crippen molar-refractivity contribution in [3.63, 3.8) is 0 Å². The molecule has 4 rings (SSSR count). The van der Waals surface area contributed by atoms with Crippen LogP contribution in [0.3, 0.4) is 0 Å². The van der Waals surface area contributed by atoms with Crippen molar-refractivity contribution in [1.82, 2.24) is 9.55 Å². The fourth-order valence-electron chi connectivity index (χ4n) is 3.51. The van der Waals surface area contributed by atoms with Gasteiger partial charge in [0.05, 0.1) is 11.6 Å². The lowest BCUT2D eigenvalue weighted by molar-refractivity contribution is 0.589. The Bertz CT molecular complexity index is 1040. The molecule has 0 aliphatic carbocycles. The Hall–Kier alpha value is -2.52. The van der Waals surface area contributed by atoms with Crippen molar-refractivity contribution in [2.24, 2.45) is 0 Å². The van der Waals surface area contributed by atoms with E-state index in [0.29, 0.717) is 5.25 Å². The highest BCUT2D eigenvalue weighted by atomic mass is 32.2. The van der Waals surface area contributed by atoms with Gasteiger partial charge in [-0.05, 0) is 39.4 Å². The van der Waals surface area contributed by atoms with Crippen LogP contribution in [0.25, 0.3) is 10.8 Å². The van der Waals surface area contributed by atoms with Gasteiger partial charge in [0.15, 0.2) is 0 Å². The molecule has 0 fully saturated rings. The molecule has 0 radical (unpaired) electrons. The maximum absolute atomic E-state index is 4.23. The number of thioether (sulfide) groups is 1. The fraction of sp³-hybridized carbons (Fsp3) is 0.240. The molecule has 0 saturated carbocycles. The minimum atomic E-state index is 0.176. The lowest BCUT2D eigenvalue weighted by Gasteiger charge is -2.22. The van der Waals surface area contributed by atoms with Crippen molar-refractivity contribution in [2.75, 3.05) is 0 Å². The maximum atomic E-state index is 4.23.